The van der Waals surface area contributed by atoms with Gasteiger partial charge in [-0.15, -0.1) is 0 Å². The molecule has 0 bridgehead atoms. The van der Waals surface area contributed by atoms with Crippen LogP contribution in [0.3, 0.4) is 0 Å². The Morgan fingerprint density at radius 2 is 1.80 bits per heavy atom. The summed E-state index contributed by atoms with van der Waals surface area (Å²) in [5, 5.41) is 12.4. The number of benzene rings is 2. The van der Waals surface area contributed by atoms with E-state index < -0.39 is 11.6 Å². The van der Waals surface area contributed by atoms with E-state index in [1.807, 2.05) is 19.1 Å². The van der Waals surface area contributed by atoms with Gasteiger partial charge in [-0.2, -0.15) is 0 Å². The van der Waals surface area contributed by atoms with Crippen LogP contribution in [0.4, 0.5) is 8.78 Å². The van der Waals surface area contributed by atoms with Gasteiger partial charge >= 0.3 is 0 Å². The summed E-state index contributed by atoms with van der Waals surface area (Å²) in [5.41, 5.74) is 1.39. The fourth-order valence-electron chi connectivity index (χ4n) is 2.02. The predicted molar refractivity (Wildman–Crippen MR) is 74.5 cm³/mol. The standard InChI is InChI=1S/C16H17F2NO/c1-11(8-12-2-5-15(20)6-3-12)19-10-13-9-14(17)4-7-16(13)18/h2-7,9,11,19-20H,8,10H2,1H3. The van der Waals surface area contributed by atoms with Crippen LogP contribution in [0.5, 0.6) is 5.75 Å². The highest BCUT2D eigenvalue weighted by atomic mass is 19.1. The number of phenolic OH excluding ortho intramolecular Hbond substituents is 1. The Bertz CT molecular complexity index is 569. The van der Waals surface area contributed by atoms with Crippen molar-refractivity contribution in [3.8, 4) is 5.75 Å². The fourth-order valence-corrected chi connectivity index (χ4v) is 2.02. The van der Waals surface area contributed by atoms with Gasteiger partial charge in [0.05, 0.1) is 0 Å². The first-order valence-electron chi connectivity index (χ1n) is 6.50. The molecule has 2 aromatic rings. The molecule has 0 spiro atoms. The summed E-state index contributed by atoms with van der Waals surface area (Å²) in [5.74, 6) is -0.610. The molecule has 2 rings (SSSR count). The van der Waals surface area contributed by atoms with Crippen LogP contribution in [-0.4, -0.2) is 11.1 Å². The lowest BCUT2D eigenvalue weighted by Crippen LogP contribution is -2.28. The van der Waals surface area contributed by atoms with E-state index in [1.165, 1.54) is 6.07 Å². The number of rotatable bonds is 5. The van der Waals surface area contributed by atoms with E-state index in [1.54, 1.807) is 12.1 Å². The van der Waals surface area contributed by atoms with Gasteiger partial charge in [0.2, 0.25) is 0 Å². The van der Waals surface area contributed by atoms with Crippen LogP contribution in [0.2, 0.25) is 0 Å². The van der Waals surface area contributed by atoms with Gasteiger partial charge in [-0.25, -0.2) is 8.78 Å². The van der Waals surface area contributed by atoms with Crippen molar-refractivity contribution in [2.45, 2.75) is 25.9 Å². The van der Waals surface area contributed by atoms with E-state index in [-0.39, 0.29) is 18.3 Å². The molecule has 0 amide bonds. The Balaban J connectivity index is 1.90. The van der Waals surface area contributed by atoms with Gasteiger partial charge in [0.25, 0.3) is 0 Å². The molecule has 0 aliphatic carbocycles. The highest BCUT2D eigenvalue weighted by molar-refractivity contribution is 5.26. The number of nitrogens with one attached hydrogen (secondary N) is 1. The Labute approximate surface area is 117 Å². The normalized spacial score (nSPS) is 12.3. The molecule has 0 saturated heterocycles. The van der Waals surface area contributed by atoms with E-state index >= 15 is 0 Å². The molecule has 1 atom stereocenters. The molecule has 4 heteroatoms. The lowest BCUT2D eigenvalue weighted by molar-refractivity contribution is 0.474. The van der Waals surface area contributed by atoms with Crippen molar-refractivity contribution in [1.82, 2.24) is 5.32 Å². The van der Waals surface area contributed by atoms with Crippen molar-refractivity contribution in [3.05, 3.63) is 65.2 Å². The van der Waals surface area contributed by atoms with Crippen molar-refractivity contribution < 1.29 is 13.9 Å². The first-order chi connectivity index (χ1) is 9.54. The van der Waals surface area contributed by atoms with Crippen LogP contribution in [0.25, 0.3) is 0 Å². The largest absolute Gasteiger partial charge is 0.508 e. The number of aromatic hydroxyl groups is 1. The number of hydrogen-bond donors (Lipinski definition) is 2. The molecule has 106 valence electrons. The third-order valence-corrected chi connectivity index (χ3v) is 3.13. The Morgan fingerprint density at radius 1 is 1.10 bits per heavy atom. The highest BCUT2D eigenvalue weighted by Crippen LogP contribution is 2.12. The average Bonchev–Trinajstić information content (AvgIpc) is 2.42. The minimum absolute atomic E-state index is 0.113. The fraction of sp³-hybridized carbons (Fsp3) is 0.250. The van der Waals surface area contributed by atoms with E-state index in [4.69, 9.17) is 0 Å². The number of hydrogen-bond acceptors (Lipinski definition) is 2. The predicted octanol–water partition coefficient (Wildman–Crippen LogP) is 3.39. The van der Waals surface area contributed by atoms with Crippen LogP contribution in [0.15, 0.2) is 42.5 Å². The smallest absolute Gasteiger partial charge is 0.127 e. The molecule has 0 aromatic heterocycles. The summed E-state index contributed by atoms with van der Waals surface area (Å²) in [7, 11) is 0. The summed E-state index contributed by atoms with van der Waals surface area (Å²) >= 11 is 0. The number of halogens is 2. The monoisotopic (exact) mass is 277 g/mol. The van der Waals surface area contributed by atoms with Gasteiger partial charge in [-0.3, -0.25) is 0 Å². The van der Waals surface area contributed by atoms with Gasteiger partial charge < -0.3 is 10.4 Å². The SMILES string of the molecule is CC(Cc1ccc(O)cc1)NCc1cc(F)ccc1F. The summed E-state index contributed by atoms with van der Waals surface area (Å²) in [6.45, 7) is 2.26. The lowest BCUT2D eigenvalue weighted by atomic mass is 10.1. The molecule has 2 aromatic carbocycles. The molecular weight excluding hydrogens is 260 g/mol. The van der Waals surface area contributed by atoms with Gasteiger partial charge in [0, 0.05) is 18.2 Å². The van der Waals surface area contributed by atoms with Crippen LogP contribution < -0.4 is 5.32 Å². The molecule has 2 nitrogen and oxygen atoms in total. The van der Waals surface area contributed by atoms with Gasteiger partial charge in [-0.1, -0.05) is 12.1 Å². The third kappa shape index (κ3) is 4.03. The van der Waals surface area contributed by atoms with E-state index in [0.29, 0.717) is 5.56 Å². The highest BCUT2D eigenvalue weighted by Gasteiger charge is 2.07. The first-order valence-corrected chi connectivity index (χ1v) is 6.50. The van der Waals surface area contributed by atoms with Crippen LogP contribution in [0.1, 0.15) is 18.1 Å². The zero-order valence-electron chi connectivity index (χ0n) is 11.2. The molecule has 20 heavy (non-hydrogen) atoms. The van der Waals surface area contributed by atoms with Crippen LogP contribution in [-0.2, 0) is 13.0 Å². The average molecular weight is 277 g/mol. The minimum Gasteiger partial charge on any atom is -0.508 e. The van der Waals surface area contributed by atoms with E-state index in [2.05, 4.69) is 5.32 Å². The summed E-state index contributed by atoms with van der Waals surface area (Å²) in [6.07, 6.45) is 0.747. The van der Waals surface area contributed by atoms with Crippen molar-refractivity contribution in [2.24, 2.45) is 0 Å². The maximum absolute atomic E-state index is 13.5. The Morgan fingerprint density at radius 3 is 2.50 bits per heavy atom. The minimum atomic E-state index is -0.436. The summed E-state index contributed by atoms with van der Waals surface area (Å²) < 4.78 is 26.5. The molecule has 0 heterocycles. The Hall–Kier alpha value is -1.94. The van der Waals surface area contributed by atoms with Gasteiger partial charge in [0.15, 0.2) is 0 Å². The maximum Gasteiger partial charge on any atom is 0.127 e. The second-order valence-corrected chi connectivity index (χ2v) is 4.89. The second-order valence-electron chi connectivity index (χ2n) is 4.89. The zero-order valence-corrected chi connectivity index (χ0v) is 11.2. The second kappa shape index (κ2) is 6.48. The topological polar surface area (TPSA) is 32.3 Å². The summed E-state index contributed by atoms with van der Waals surface area (Å²) in [4.78, 5) is 0. The van der Waals surface area contributed by atoms with Gasteiger partial charge in [0.1, 0.15) is 17.4 Å². The van der Waals surface area contributed by atoms with Crippen LogP contribution >= 0.6 is 0 Å². The van der Waals surface area contributed by atoms with E-state index in [0.717, 1.165) is 24.1 Å². The van der Waals surface area contributed by atoms with Crippen LogP contribution in [0, 0.1) is 11.6 Å². The molecular formula is C16H17F2NO. The summed E-state index contributed by atoms with van der Waals surface area (Å²) in [6, 6.07) is 10.5. The molecule has 0 saturated carbocycles. The molecule has 2 N–H and O–H groups in total. The molecule has 0 fully saturated rings. The van der Waals surface area contributed by atoms with Crippen molar-refractivity contribution in [3.63, 3.8) is 0 Å². The van der Waals surface area contributed by atoms with Gasteiger partial charge in [-0.05, 0) is 49.2 Å². The zero-order chi connectivity index (χ0) is 14.5. The molecule has 0 radical (unpaired) electrons. The van der Waals surface area contributed by atoms with E-state index in [9.17, 15) is 13.9 Å². The molecule has 0 aliphatic heterocycles. The van der Waals surface area contributed by atoms with Crippen molar-refractivity contribution in [1.29, 1.82) is 0 Å². The van der Waals surface area contributed by atoms with Crippen molar-refractivity contribution >= 4 is 0 Å². The first kappa shape index (κ1) is 14.5. The number of phenols is 1. The maximum atomic E-state index is 13.5. The quantitative estimate of drug-likeness (QED) is 0.878. The van der Waals surface area contributed by atoms with Crippen molar-refractivity contribution in [2.75, 3.05) is 0 Å². The Kier molecular flexibility index (Phi) is 4.69. The third-order valence-electron chi connectivity index (χ3n) is 3.13. The molecule has 0 aliphatic rings. The lowest BCUT2D eigenvalue weighted by Gasteiger charge is -2.14. The molecule has 1 unspecified atom stereocenters.